The molecule has 0 aliphatic heterocycles. The molecule has 6 nitrogen and oxygen atoms in total. The smallest absolute Gasteiger partial charge is 0.417 e. The Kier molecular flexibility index (Phi) is 6.61. The number of carbonyl (C=O) groups excluding carboxylic acids is 1. The van der Waals surface area contributed by atoms with Crippen LogP contribution in [0.1, 0.15) is 27.6 Å². The highest BCUT2D eigenvalue weighted by molar-refractivity contribution is 6.30. The minimum Gasteiger partial charge on any atom is -0.484 e. The van der Waals surface area contributed by atoms with Gasteiger partial charge in [-0.25, -0.2) is 0 Å². The van der Waals surface area contributed by atoms with Gasteiger partial charge in [-0.15, -0.1) is 0 Å². The second-order valence-corrected chi connectivity index (χ2v) is 6.81. The first-order chi connectivity index (χ1) is 14.2. The minimum absolute atomic E-state index is 0.0288. The molecule has 0 unspecified atom stereocenters. The van der Waals surface area contributed by atoms with Crippen LogP contribution in [0, 0.1) is 0 Å². The van der Waals surface area contributed by atoms with Gasteiger partial charge in [-0.05, 0) is 30.3 Å². The average Bonchev–Trinajstić information content (AvgIpc) is 3.17. The number of aromatic nitrogens is 2. The van der Waals surface area contributed by atoms with Crippen molar-refractivity contribution in [3.8, 4) is 5.75 Å². The topological polar surface area (TPSA) is 68.5 Å². The van der Waals surface area contributed by atoms with Gasteiger partial charge >= 0.3 is 6.18 Å². The molecule has 0 bridgehead atoms. The van der Waals surface area contributed by atoms with Crippen LogP contribution in [-0.4, -0.2) is 34.5 Å². The van der Waals surface area contributed by atoms with Crippen LogP contribution in [0.4, 0.5) is 13.2 Å². The largest absolute Gasteiger partial charge is 0.484 e. The lowest BCUT2D eigenvalue weighted by atomic mass is 10.1. The summed E-state index contributed by atoms with van der Waals surface area (Å²) in [6.45, 7) is 0.139. The summed E-state index contributed by atoms with van der Waals surface area (Å²) in [6, 6.07) is 11.5. The minimum atomic E-state index is -4.61. The summed E-state index contributed by atoms with van der Waals surface area (Å²) in [5, 5.41) is 4.32. The molecule has 2 aromatic carbocycles. The van der Waals surface area contributed by atoms with E-state index in [-0.39, 0.29) is 25.5 Å². The van der Waals surface area contributed by atoms with E-state index in [1.54, 1.807) is 24.3 Å². The van der Waals surface area contributed by atoms with Gasteiger partial charge in [0.05, 0.1) is 11.1 Å². The van der Waals surface area contributed by atoms with Gasteiger partial charge in [-0.3, -0.25) is 4.79 Å². The van der Waals surface area contributed by atoms with E-state index in [0.717, 1.165) is 12.1 Å². The Balaban J connectivity index is 1.57. The van der Waals surface area contributed by atoms with Crippen molar-refractivity contribution in [2.75, 3.05) is 13.6 Å². The lowest BCUT2D eigenvalue weighted by Gasteiger charge is -2.19. The van der Waals surface area contributed by atoms with Crippen LogP contribution in [0.5, 0.6) is 5.75 Å². The number of hydrogen-bond acceptors (Lipinski definition) is 5. The maximum absolute atomic E-state index is 13.1. The first-order valence-electron chi connectivity index (χ1n) is 8.85. The highest BCUT2D eigenvalue weighted by atomic mass is 35.5. The molecular weight excluding hydrogens is 423 g/mol. The number of carbonyl (C=O) groups is 1. The fourth-order valence-corrected chi connectivity index (χ4v) is 2.82. The predicted molar refractivity (Wildman–Crippen MR) is 102 cm³/mol. The summed E-state index contributed by atoms with van der Waals surface area (Å²) in [5.74, 6) is 0.330. The highest BCUT2D eigenvalue weighted by Crippen LogP contribution is 2.32. The monoisotopic (exact) mass is 439 g/mol. The molecule has 1 heterocycles. The predicted octanol–water partition coefficient (Wildman–Crippen LogP) is 4.64. The molecule has 0 saturated heterocycles. The maximum Gasteiger partial charge on any atom is 0.417 e. The van der Waals surface area contributed by atoms with Gasteiger partial charge in [0, 0.05) is 25.0 Å². The third-order valence-corrected chi connectivity index (χ3v) is 4.38. The van der Waals surface area contributed by atoms with E-state index in [0.29, 0.717) is 16.6 Å². The normalized spacial score (nSPS) is 11.4. The Morgan fingerprint density at radius 2 is 1.97 bits per heavy atom. The zero-order valence-corrected chi connectivity index (χ0v) is 16.6. The maximum atomic E-state index is 13.1. The molecule has 158 valence electrons. The van der Waals surface area contributed by atoms with E-state index >= 15 is 0 Å². The Morgan fingerprint density at radius 1 is 1.20 bits per heavy atom. The molecule has 0 atom stereocenters. The van der Waals surface area contributed by atoms with Crippen molar-refractivity contribution >= 4 is 17.5 Å². The van der Waals surface area contributed by atoms with Crippen molar-refractivity contribution < 1.29 is 27.2 Å². The van der Waals surface area contributed by atoms with Crippen molar-refractivity contribution in [1.29, 1.82) is 0 Å². The van der Waals surface area contributed by atoms with Crippen LogP contribution in [-0.2, 0) is 19.2 Å². The van der Waals surface area contributed by atoms with Crippen molar-refractivity contribution in [2.24, 2.45) is 0 Å². The van der Waals surface area contributed by atoms with Crippen LogP contribution >= 0.6 is 11.6 Å². The molecule has 1 aromatic heterocycles. The Morgan fingerprint density at radius 3 is 2.70 bits per heavy atom. The molecule has 3 aromatic rings. The first-order valence-corrected chi connectivity index (χ1v) is 9.23. The summed E-state index contributed by atoms with van der Waals surface area (Å²) >= 11 is 5.88. The van der Waals surface area contributed by atoms with Gasteiger partial charge in [-0.1, -0.05) is 35.0 Å². The van der Waals surface area contributed by atoms with Crippen molar-refractivity contribution in [3.05, 3.63) is 76.4 Å². The molecule has 0 radical (unpaired) electrons. The lowest BCUT2D eigenvalue weighted by molar-refractivity contribution is -0.138. The molecule has 0 N–H and O–H groups in total. The summed E-state index contributed by atoms with van der Waals surface area (Å²) in [6.07, 6.45) is -4.41. The summed E-state index contributed by atoms with van der Waals surface area (Å²) in [7, 11) is 1.42. The molecule has 0 fully saturated rings. The van der Waals surface area contributed by atoms with Crippen LogP contribution < -0.4 is 4.74 Å². The molecule has 30 heavy (non-hydrogen) atoms. The number of nitrogens with zero attached hydrogens (tertiary/aromatic N) is 3. The van der Waals surface area contributed by atoms with Gasteiger partial charge in [0.15, 0.2) is 12.4 Å². The number of benzene rings is 2. The fourth-order valence-electron chi connectivity index (χ4n) is 2.64. The molecule has 10 heteroatoms. The standard InChI is InChI=1S/C20H17ClF3N3O3/c1-27(19(28)15-7-2-3-8-16(15)20(22,23)24)10-9-17-25-18(30-26-17)12-29-14-6-4-5-13(21)11-14/h2-8,11H,9-10,12H2,1H3. The van der Waals surface area contributed by atoms with E-state index in [2.05, 4.69) is 10.1 Å². The number of alkyl halides is 3. The summed E-state index contributed by atoms with van der Waals surface area (Å²) in [4.78, 5) is 17.8. The Bertz CT molecular complexity index is 1020. The average molecular weight is 440 g/mol. The Hall–Kier alpha value is -3.07. The molecule has 0 aliphatic rings. The number of ether oxygens (including phenoxy) is 1. The Labute approximate surface area is 175 Å². The van der Waals surface area contributed by atoms with E-state index < -0.39 is 23.2 Å². The van der Waals surface area contributed by atoms with Crippen molar-refractivity contribution in [2.45, 2.75) is 19.2 Å². The van der Waals surface area contributed by atoms with Gasteiger partial charge in [0.2, 0.25) is 0 Å². The van der Waals surface area contributed by atoms with Crippen molar-refractivity contribution in [1.82, 2.24) is 15.0 Å². The zero-order valence-electron chi connectivity index (χ0n) is 15.8. The fraction of sp³-hybridized carbons (Fsp3) is 0.250. The van der Waals surface area contributed by atoms with E-state index in [1.807, 2.05) is 0 Å². The lowest BCUT2D eigenvalue weighted by Crippen LogP contribution is -2.30. The second kappa shape index (κ2) is 9.17. The van der Waals surface area contributed by atoms with Gasteiger partial charge in [0.25, 0.3) is 11.8 Å². The van der Waals surface area contributed by atoms with Gasteiger partial charge in [-0.2, -0.15) is 18.2 Å². The molecule has 0 spiro atoms. The van der Waals surface area contributed by atoms with E-state index in [1.165, 1.54) is 24.1 Å². The van der Waals surface area contributed by atoms with Gasteiger partial charge < -0.3 is 14.2 Å². The van der Waals surface area contributed by atoms with Crippen molar-refractivity contribution in [3.63, 3.8) is 0 Å². The van der Waals surface area contributed by atoms with E-state index in [4.69, 9.17) is 20.9 Å². The number of rotatable bonds is 7. The van der Waals surface area contributed by atoms with Crippen LogP contribution in [0.25, 0.3) is 0 Å². The number of halogens is 4. The summed E-state index contributed by atoms with van der Waals surface area (Å²) in [5.41, 5.74) is -1.38. The van der Waals surface area contributed by atoms with E-state index in [9.17, 15) is 18.0 Å². The SMILES string of the molecule is CN(CCc1noc(COc2cccc(Cl)c2)n1)C(=O)c1ccccc1C(F)(F)F. The number of likely N-dealkylation sites (N-methyl/N-ethyl adjacent to an activating group) is 1. The first kappa shape index (κ1) is 21.6. The third-order valence-electron chi connectivity index (χ3n) is 4.15. The summed E-state index contributed by atoms with van der Waals surface area (Å²) < 4.78 is 49.9. The number of hydrogen-bond donors (Lipinski definition) is 0. The van der Waals surface area contributed by atoms with Gasteiger partial charge in [0.1, 0.15) is 5.75 Å². The molecule has 3 rings (SSSR count). The quantitative estimate of drug-likeness (QED) is 0.536. The van der Waals surface area contributed by atoms with Crippen LogP contribution in [0.15, 0.2) is 53.1 Å². The van der Waals surface area contributed by atoms with Crippen LogP contribution in [0.2, 0.25) is 5.02 Å². The third kappa shape index (κ3) is 5.50. The molecule has 1 amide bonds. The molecule has 0 aliphatic carbocycles. The highest BCUT2D eigenvalue weighted by Gasteiger charge is 2.35. The second-order valence-electron chi connectivity index (χ2n) is 6.37. The molecule has 0 saturated carbocycles. The number of amides is 1. The zero-order chi connectivity index (χ0) is 21.7. The molecular formula is C20H17ClF3N3O3. The van der Waals surface area contributed by atoms with Crippen LogP contribution in [0.3, 0.4) is 0 Å².